The summed E-state index contributed by atoms with van der Waals surface area (Å²) in [6, 6.07) is 7.47. The second kappa shape index (κ2) is 8.25. The lowest BCUT2D eigenvalue weighted by atomic mass is 9.82. The van der Waals surface area contributed by atoms with Gasteiger partial charge in [-0.3, -0.25) is 4.79 Å². The first kappa shape index (κ1) is 16.1. The van der Waals surface area contributed by atoms with Crippen molar-refractivity contribution in [3.63, 3.8) is 0 Å². The van der Waals surface area contributed by atoms with E-state index in [9.17, 15) is 4.79 Å². The first-order valence-electron chi connectivity index (χ1n) is 7.46. The predicted molar refractivity (Wildman–Crippen MR) is 82.7 cm³/mol. The van der Waals surface area contributed by atoms with Crippen LogP contribution in [0, 0.1) is 5.92 Å². The molecule has 0 aliphatic heterocycles. The number of hydrogen-bond donors (Lipinski definition) is 1. The zero-order valence-corrected chi connectivity index (χ0v) is 13.1. The molecular weight excluding hydrogens is 290 g/mol. The predicted octanol–water partition coefficient (Wildman–Crippen LogP) is 3.04. The molecule has 0 atom stereocenters. The van der Waals surface area contributed by atoms with Gasteiger partial charge >= 0.3 is 5.97 Å². The zero-order chi connectivity index (χ0) is 15.1. The van der Waals surface area contributed by atoms with E-state index >= 15 is 0 Å². The minimum absolute atomic E-state index is 0.137. The van der Waals surface area contributed by atoms with E-state index in [-0.39, 0.29) is 5.97 Å². The minimum atomic E-state index is -0.137. The number of carbonyl (C=O) groups is 1. The highest BCUT2D eigenvalue weighted by molar-refractivity contribution is 6.30. The Hall–Kier alpha value is -1.26. The third kappa shape index (κ3) is 5.56. The molecule has 5 heteroatoms. The van der Waals surface area contributed by atoms with E-state index in [4.69, 9.17) is 21.1 Å². The van der Waals surface area contributed by atoms with Crippen molar-refractivity contribution in [2.75, 3.05) is 19.7 Å². The van der Waals surface area contributed by atoms with E-state index in [1.165, 1.54) is 0 Å². The van der Waals surface area contributed by atoms with Crippen LogP contribution in [0.1, 0.15) is 26.2 Å². The fourth-order valence-corrected chi connectivity index (χ4v) is 2.50. The fourth-order valence-electron chi connectivity index (χ4n) is 2.37. The van der Waals surface area contributed by atoms with Crippen LogP contribution in [-0.2, 0) is 9.53 Å². The van der Waals surface area contributed by atoms with Gasteiger partial charge in [0.2, 0.25) is 0 Å². The van der Waals surface area contributed by atoms with Gasteiger partial charge in [-0.05, 0) is 56.5 Å². The van der Waals surface area contributed by atoms with Gasteiger partial charge in [0.1, 0.15) is 5.75 Å². The highest BCUT2D eigenvalue weighted by Crippen LogP contribution is 2.31. The summed E-state index contributed by atoms with van der Waals surface area (Å²) in [5.74, 6) is 1.37. The van der Waals surface area contributed by atoms with Gasteiger partial charge in [-0.2, -0.15) is 0 Å². The van der Waals surface area contributed by atoms with Crippen molar-refractivity contribution >= 4 is 17.6 Å². The Morgan fingerprint density at radius 2 is 2.05 bits per heavy atom. The lowest BCUT2D eigenvalue weighted by molar-refractivity contribution is -0.143. The van der Waals surface area contributed by atoms with Gasteiger partial charge in [0.25, 0.3) is 0 Å². The Labute approximate surface area is 130 Å². The summed E-state index contributed by atoms with van der Waals surface area (Å²) in [6.45, 7) is 3.88. The largest absolute Gasteiger partial charge is 0.490 e. The summed E-state index contributed by atoms with van der Waals surface area (Å²) < 4.78 is 10.7. The third-order valence-electron chi connectivity index (χ3n) is 3.55. The number of esters is 1. The topological polar surface area (TPSA) is 47.6 Å². The molecule has 0 saturated heterocycles. The van der Waals surface area contributed by atoms with Crippen molar-refractivity contribution in [1.82, 2.24) is 5.32 Å². The number of carbonyl (C=O) groups excluding carboxylic acids is 1. The summed E-state index contributed by atoms with van der Waals surface area (Å²) >= 11 is 5.84. The first-order valence-corrected chi connectivity index (χ1v) is 7.83. The van der Waals surface area contributed by atoms with Crippen molar-refractivity contribution in [3.8, 4) is 5.75 Å². The molecule has 2 rings (SSSR count). The molecule has 1 aliphatic rings. The molecule has 1 N–H and O–H groups in total. The highest BCUT2D eigenvalue weighted by Gasteiger charge is 2.30. The van der Waals surface area contributed by atoms with Gasteiger partial charge in [-0.1, -0.05) is 11.6 Å². The molecule has 4 nitrogen and oxygen atoms in total. The molecule has 0 bridgehead atoms. The van der Waals surface area contributed by atoms with Crippen LogP contribution >= 0.6 is 11.6 Å². The number of nitrogens with one attached hydrogen (secondary N) is 1. The van der Waals surface area contributed by atoms with Crippen molar-refractivity contribution in [3.05, 3.63) is 29.3 Å². The van der Waals surface area contributed by atoms with Gasteiger partial charge in [-0.15, -0.1) is 0 Å². The summed E-state index contributed by atoms with van der Waals surface area (Å²) in [5, 5.41) is 4.02. The molecule has 0 spiro atoms. The van der Waals surface area contributed by atoms with Gasteiger partial charge in [0.15, 0.2) is 0 Å². The molecule has 116 valence electrons. The lowest BCUT2D eigenvalue weighted by Gasteiger charge is -2.35. The third-order valence-corrected chi connectivity index (χ3v) is 3.81. The van der Waals surface area contributed by atoms with Gasteiger partial charge < -0.3 is 14.8 Å². The molecule has 1 saturated carbocycles. The van der Waals surface area contributed by atoms with Crippen LogP contribution in [-0.4, -0.2) is 31.8 Å². The summed E-state index contributed by atoms with van der Waals surface area (Å²) in [7, 11) is 0. The Bertz CT molecular complexity index is 443. The second-order valence-corrected chi connectivity index (χ2v) is 5.73. The lowest BCUT2D eigenvalue weighted by Crippen LogP contribution is -2.40. The molecule has 21 heavy (non-hydrogen) atoms. The standard InChI is InChI=1S/C16H22ClNO3/c1-2-20-16(19)7-8-18-11-12-9-15(10-12)21-14-5-3-13(17)4-6-14/h3-6,12,15,18H,2,7-11H2,1H3. The maximum Gasteiger partial charge on any atom is 0.307 e. The van der Waals surface area contributed by atoms with Crippen molar-refractivity contribution < 1.29 is 14.3 Å². The molecule has 0 heterocycles. The van der Waals surface area contributed by atoms with Crippen LogP contribution < -0.4 is 10.1 Å². The highest BCUT2D eigenvalue weighted by atomic mass is 35.5. The fraction of sp³-hybridized carbons (Fsp3) is 0.562. The molecular formula is C16H22ClNO3. The summed E-state index contributed by atoms with van der Waals surface area (Å²) in [6.07, 6.45) is 2.83. The first-order chi connectivity index (χ1) is 10.2. The van der Waals surface area contributed by atoms with E-state index in [1.54, 1.807) is 0 Å². The van der Waals surface area contributed by atoms with E-state index in [1.807, 2.05) is 31.2 Å². The number of halogens is 1. The van der Waals surface area contributed by atoms with Crippen molar-refractivity contribution in [1.29, 1.82) is 0 Å². The molecule has 0 amide bonds. The molecule has 1 aromatic rings. The van der Waals surface area contributed by atoms with Crippen LogP contribution in [0.2, 0.25) is 5.02 Å². The average molecular weight is 312 g/mol. The average Bonchev–Trinajstić information content (AvgIpc) is 2.42. The molecule has 1 aromatic carbocycles. The van der Waals surface area contributed by atoms with E-state index < -0.39 is 0 Å². The van der Waals surface area contributed by atoms with Crippen LogP contribution in [0.5, 0.6) is 5.75 Å². The molecule has 0 radical (unpaired) electrons. The Balaban J connectivity index is 1.53. The molecule has 1 aliphatic carbocycles. The maximum atomic E-state index is 11.2. The SMILES string of the molecule is CCOC(=O)CCNCC1CC(Oc2ccc(Cl)cc2)C1. The van der Waals surface area contributed by atoms with Crippen LogP contribution in [0.15, 0.2) is 24.3 Å². The van der Waals surface area contributed by atoms with Gasteiger partial charge in [0.05, 0.1) is 19.1 Å². The maximum absolute atomic E-state index is 11.2. The zero-order valence-electron chi connectivity index (χ0n) is 12.3. The smallest absolute Gasteiger partial charge is 0.307 e. The normalized spacial score (nSPS) is 20.7. The number of ether oxygens (including phenoxy) is 2. The summed E-state index contributed by atoms with van der Waals surface area (Å²) in [4.78, 5) is 11.2. The molecule has 0 aromatic heterocycles. The van der Waals surface area contributed by atoms with E-state index in [0.717, 1.165) is 30.2 Å². The van der Waals surface area contributed by atoms with Crippen LogP contribution in [0.4, 0.5) is 0 Å². The second-order valence-electron chi connectivity index (χ2n) is 5.29. The monoisotopic (exact) mass is 311 g/mol. The number of rotatable bonds is 8. The summed E-state index contributed by atoms with van der Waals surface area (Å²) in [5.41, 5.74) is 0. The Morgan fingerprint density at radius 3 is 2.71 bits per heavy atom. The van der Waals surface area contributed by atoms with Crippen molar-refractivity contribution in [2.24, 2.45) is 5.92 Å². The van der Waals surface area contributed by atoms with Crippen LogP contribution in [0.3, 0.4) is 0 Å². The minimum Gasteiger partial charge on any atom is -0.490 e. The Morgan fingerprint density at radius 1 is 1.33 bits per heavy atom. The molecule has 1 fully saturated rings. The molecule has 0 unspecified atom stereocenters. The Kier molecular flexibility index (Phi) is 6.33. The van der Waals surface area contributed by atoms with Gasteiger partial charge in [-0.25, -0.2) is 0 Å². The number of hydrogen-bond acceptors (Lipinski definition) is 4. The number of benzene rings is 1. The van der Waals surface area contributed by atoms with E-state index in [0.29, 0.717) is 31.6 Å². The van der Waals surface area contributed by atoms with Crippen molar-refractivity contribution in [2.45, 2.75) is 32.3 Å². The van der Waals surface area contributed by atoms with Gasteiger partial charge in [0, 0.05) is 11.6 Å². The van der Waals surface area contributed by atoms with Crippen LogP contribution in [0.25, 0.3) is 0 Å². The van der Waals surface area contributed by atoms with E-state index in [2.05, 4.69) is 5.32 Å². The quantitative estimate of drug-likeness (QED) is 0.592.